The van der Waals surface area contributed by atoms with Crippen molar-refractivity contribution >= 4 is 21.6 Å². The highest BCUT2D eigenvalue weighted by molar-refractivity contribution is 9.10. The van der Waals surface area contributed by atoms with E-state index in [2.05, 4.69) is 46.0 Å². The summed E-state index contributed by atoms with van der Waals surface area (Å²) in [5.41, 5.74) is 8.64. The Morgan fingerprint density at radius 3 is 2.95 bits per heavy atom. The Bertz CT molecular complexity index is 438. The zero-order valence-electron chi connectivity index (χ0n) is 12.4. The topological polar surface area (TPSA) is 38.5 Å². The summed E-state index contributed by atoms with van der Waals surface area (Å²) in [7, 11) is 1.78. The fourth-order valence-corrected chi connectivity index (χ4v) is 3.29. The van der Waals surface area contributed by atoms with Crippen LogP contribution < -0.4 is 10.6 Å². The second kappa shape index (κ2) is 7.43. The van der Waals surface area contributed by atoms with E-state index in [1.54, 1.807) is 7.11 Å². The highest BCUT2D eigenvalue weighted by atomic mass is 79.9. The lowest BCUT2D eigenvalue weighted by atomic mass is 10.0. The molecule has 1 aromatic carbocycles. The Morgan fingerprint density at radius 1 is 1.50 bits per heavy atom. The van der Waals surface area contributed by atoms with Crippen molar-refractivity contribution in [3.63, 3.8) is 0 Å². The molecule has 2 N–H and O–H groups in total. The van der Waals surface area contributed by atoms with Crippen molar-refractivity contribution in [2.45, 2.75) is 32.2 Å². The van der Waals surface area contributed by atoms with Gasteiger partial charge in [-0.3, -0.25) is 0 Å². The van der Waals surface area contributed by atoms with Crippen molar-refractivity contribution in [2.24, 2.45) is 11.7 Å². The van der Waals surface area contributed by atoms with Gasteiger partial charge in [-0.15, -0.1) is 0 Å². The monoisotopic (exact) mass is 340 g/mol. The molecule has 3 nitrogen and oxygen atoms in total. The Hall–Kier alpha value is -0.580. The van der Waals surface area contributed by atoms with E-state index in [9.17, 15) is 0 Å². The zero-order valence-corrected chi connectivity index (χ0v) is 14.0. The summed E-state index contributed by atoms with van der Waals surface area (Å²) in [5.74, 6) is 0.659. The molecule has 1 saturated heterocycles. The van der Waals surface area contributed by atoms with Gasteiger partial charge in [-0.2, -0.15) is 0 Å². The first-order chi connectivity index (χ1) is 9.63. The van der Waals surface area contributed by atoms with Crippen LogP contribution in [0.5, 0.6) is 0 Å². The van der Waals surface area contributed by atoms with E-state index in [-0.39, 0.29) is 6.04 Å². The van der Waals surface area contributed by atoms with Gasteiger partial charge in [0.2, 0.25) is 0 Å². The maximum absolute atomic E-state index is 6.04. The third-order valence-corrected chi connectivity index (χ3v) is 4.83. The highest BCUT2D eigenvalue weighted by Crippen LogP contribution is 2.29. The first-order valence-electron chi connectivity index (χ1n) is 7.42. The van der Waals surface area contributed by atoms with Crippen molar-refractivity contribution in [1.29, 1.82) is 0 Å². The number of anilines is 1. The summed E-state index contributed by atoms with van der Waals surface area (Å²) in [6.45, 7) is 5.20. The standard InChI is InChI=1S/C16H25BrN2O/c1-3-14(18)8-13-4-5-15(9-16(13)17)19-7-6-12(10-19)11-20-2/h4-5,9,12,14H,3,6-8,10-11,18H2,1-2H3. The minimum atomic E-state index is 0.245. The second-order valence-corrected chi connectivity index (χ2v) is 6.56. The molecule has 0 bridgehead atoms. The first-order valence-corrected chi connectivity index (χ1v) is 8.21. The Kier molecular flexibility index (Phi) is 5.87. The molecule has 1 heterocycles. The van der Waals surface area contributed by atoms with Crippen molar-refractivity contribution in [3.8, 4) is 0 Å². The first kappa shape index (κ1) is 15.8. The zero-order chi connectivity index (χ0) is 14.5. The van der Waals surface area contributed by atoms with Crippen LogP contribution in [0.15, 0.2) is 22.7 Å². The van der Waals surface area contributed by atoms with Crippen LogP contribution >= 0.6 is 15.9 Å². The lowest BCUT2D eigenvalue weighted by molar-refractivity contribution is 0.161. The molecule has 0 aliphatic carbocycles. The van der Waals surface area contributed by atoms with Gasteiger partial charge in [0.25, 0.3) is 0 Å². The van der Waals surface area contributed by atoms with Gasteiger partial charge in [0.1, 0.15) is 0 Å². The van der Waals surface area contributed by atoms with Crippen molar-refractivity contribution in [1.82, 2.24) is 0 Å². The molecule has 0 amide bonds. The fourth-order valence-electron chi connectivity index (χ4n) is 2.76. The van der Waals surface area contributed by atoms with Crippen molar-refractivity contribution in [2.75, 3.05) is 31.7 Å². The van der Waals surface area contributed by atoms with Crippen LogP contribution in [0.3, 0.4) is 0 Å². The van der Waals surface area contributed by atoms with Gasteiger partial charge in [0.05, 0.1) is 6.61 Å². The van der Waals surface area contributed by atoms with Crippen LogP contribution in [-0.4, -0.2) is 32.8 Å². The molecular formula is C16H25BrN2O. The average Bonchev–Trinajstić information content (AvgIpc) is 2.90. The number of rotatable bonds is 6. The Morgan fingerprint density at radius 2 is 2.30 bits per heavy atom. The minimum Gasteiger partial charge on any atom is -0.384 e. The maximum Gasteiger partial charge on any atom is 0.0508 e. The van der Waals surface area contributed by atoms with Crippen LogP contribution in [0.1, 0.15) is 25.3 Å². The molecule has 2 unspecified atom stereocenters. The number of halogens is 1. The van der Waals surface area contributed by atoms with Crippen molar-refractivity contribution < 1.29 is 4.74 Å². The van der Waals surface area contributed by atoms with E-state index in [0.717, 1.165) is 32.5 Å². The van der Waals surface area contributed by atoms with Crippen molar-refractivity contribution in [3.05, 3.63) is 28.2 Å². The quantitative estimate of drug-likeness (QED) is 0.864. The van der Waals surface area contributed by atoms with Gasteiger partial charge in [-0.25, -0.2) is 0 Å². The van der Waals surface area contributed by atoms with Gasteiger partial charge in [-0.1, -0.05) is 28.9 Å². The maximum atomic E-state index is 6.04. The van der Waals surface area contributed by atoms with E-state index in [1.807, 2.05) is 0 Å². The van der Waals surface area contributed by atoms with E-state index in [1.165, 1.54) is 22.1 Å². The molecule has 112 valence electrons. The second-order valence-electron chi connectivity index (χ2n) is 5.70. The molecule has 4 heteroatoms. The third-order valence-electron chi connectivity index (χ3n) is 4.10. The molecule has 1 aliphatic heterocycles. The lowest BCUT2D eigenvalue weighted by Gasteiger charge is -2.20. The van der Waals surface area contributed by atoms with E-state index >= 15 is 0 Å². The smallest absolute Gasteiger partial charge is 0.0508 e. The molecule has 20 heavy (non-hydrogen) atoms. The molecule has 0 aromatic heterocycles. The third kappa shape index (κ3) is 3.96. The molecule has 0 radical (unpaired) electrons. The lowest BCUT2D eigenvalue weighted by Crippen LogP contribution is -2.22. The molecule has 2 rings (SSSR count). The summed E-state index contributed by atoms with van der Waals surface area (Å²) in [6.07, 6.45) is 3.16. The molecule has 1 aliphatic rings. The highest BCUT2D eigenvalue weighted by Gasteiger charge is 2.22. The average molecular weight is 341 g/mol. The van der Waals surface area contributed by atoms with Gasteiger partial charge in [0, 0.05) is 42.3 Å². The molecule has 0 spiro atoms. The molecular weight excluding hydrogens is 316 g/mol. The fraction of sp³-hybridized carbons (Fsp3) is 0.625. The van der Waals surface area contributed by atoms with E-state index in [0.29, 0.717) is 5.92 Å². The van der Waals surface area contributed by atoms with Gasteiger partial charge in [0.15, 0.2) is 0 Å². The van der Waals surface area contributed by atoms with Crippen LogP contribution in [0, 0.1) is 5.92 Å². The van der Waals surface area contributed by atoms with Crippen LogP contribution in [0.2, 0.25) is 0 Å². The van der Waals surface area contributed by atoms with Gasteiger partial charge < -0.3 is 15.4 Å². The molecule has 0 saturated carbocycles. The number of nitrogens with zero attached hydrogens (tertiary/aromatic N) is 1. The van der Waals surface area contributed by atoms with E-state index < -0.39 is 0 Å². The molecule has 1 aromatic rings. The number of hydrogen-bond donors (Lipinski definition) is 1. The summed E-state index contributed by atoms with van der Waals surface area (Å²) in [5, 5.41) is 0. The summed E-state index contributed by atoms with van der Waals surface area (Å²) < 4.78 is 6.43. The Balaban J connectivity index is 2.02. The normalized spacial score (nSPS) is 20.4. The number of methoxy groups -OCH3 is 1. The minimum absolute atomic E-state index is 0.245. The number of benzene rings is 1. The largest absolute Gasteiger partial charge is 0.384 e. The summed E-state index contributed by atoms with van der Waals surface area (Å²) >= 11 is 3.69. The summed E-state index contributed by atoms with van der Waals surface area (Å²) in [4.78, 5) is 2.44. The number of nitrogens with two attached hydrogens (primary N) is 1. The van der Waals surface area contributed by atoms with Crippen LogP contribution in [0.4, 0.5) is 5.69 Å². The predicted octanol–water partition coefficient (Wildman–Crippen LogP) is 3.20. The molecule has 1 fully saturated rings. The van der Waals surface area contributed by atoms with Crippen LogP contribution in [0.25, 0.3) is 0 Å². The van der Waals surface area contributed by atoms with E-state index in [4.69, 9.17) is 10.5 Å². The molecule has 2 atom stereocenters. The number of ether oxygens (including phenoxy) is 1. The number of hydrogen-bond acceptors (Lipinski definition) is 3. The summed E-state index contributed by atoms with van der Waals surface area (Å²) in [6, 6.07) is 6.90. The van der Waals surface area contributed by atoms with Gasteiger partial charge in [-0.05, 0) is 37.0 Å². The van der Waals surface area contributed by atoms with Crippen LogP contribution in [-0.2, 0) is 11.2 Å². The Labute approximate surface area is 130 Å². The van der Waals surface area contributed by atoms with Gasteiger partial charge >= 0.3 is 0 Å². The SMILES string of the molecule is CCC(N)Cc1ccc(N2CCC(COC)C2)cc1Br. The predicted molar refractivity (Wildman–Crippen MR) is 88.3 cm³/mol.